The minimum Gasteiger partial charge on any atom is -0.382 e. The van der Waals surface area contributed by atoms with E-state index >= 15 is 0 Å². The first-order valence-electron chi connectivity index (χ1n) is 8.23. The predicted octanol–water partition coefficient (Wildman–Crippen LogP) is 3.59. The number of nitrogens with two attached hydrogens (primary N) is 1. The maximum atomic E-state index is 12.1. The molecule has 1 aromatic heterocycles. The third-order valence-corrected chi connectivity index (χ3v) is 4.13. The van der Waals surface area contributed by atoms with Gasteiger partial charge >= 0.3 is 6.03 Å². The van der Waals surface area contributed by atoms with Gasteiger partial charge in [-0.3, -0.25) is 0 Å². The summed E-state index contributed by atoms with van der Waals surface area (Å²) in [6.07, 6.45) is 5.18. The average Bonchev–Trinajstić information content (AvgIpc) is 2.97. The number of nitrogens with zero attached hydrogens (tertiary/aromatic N) is 2. The molecule has 3 aromatic rings. The number of nitrogen functional groups attached to an aromatic ring is 1. The zero-order valence-electron chi connectivity index (χ0n) is 14.4. The number of amides is 2. The van der Waals surface area contributed by atoms with Gasteiger partial charge in [0.05, 0.1) is 13.1 Å². The Bertz CT molecular complexity index is 974. The average molecular weight is 380 g/mol. The highest BCUT2D eigenvalue weighted by Crippen LogP contribution is 2.33. The first kappa shape index (κ1) is 18.4. The van der Waals surface area contributed by atoms with Gasteiger partial charge in [-0.2, -0.15) is 5.10 Å². The van der Waals surface area contributed by atoms with Crippen LogP contribution in [0.1, 0.15) is 5.56 Å². The van der Waals surface area contributed by atoms with Gasteiger partial charge in [0.25, 0.3) is 0 Å². The first-order chi connectivity index (χ1) is 13.1. The smallest absolute Gasteiger partial charge is 0.320 e. The van der Waals surface area contributed by atoms with Crippen molar-refractivity contribution in [3.05, 3.63) is 65.2 Å². The summed E-state index contributed by atoms with van der Waals surface area (Å²) in [6, 6.07) is 16.5. The summed E-state index contributed by atoms with van der Waals surface area (Å²) in [5.74, 6) is 2.70. The number of urea groups is 1. The van der Waals surface area contributed by atoms with E-state index in [0.29, 0.717) is 28.8 Å². The molecule has 0 unspecified atom stereocenters. The lowest BCUT2D eigenvalue weighted by Crippen LogP contribution is -2.29. The summed E-state index contributed by atoms with van der Waals surface area (Å²) in [4.78, 5) is 12.1. The van der Waals surface area contributed by atoms with Crippen molar-refractivity contribution in [3.8, 4) is 23.6 Å². The van der Waals surface area contributed by atoms with Crippen LogP contribution in [0.2, 0.25) is 5.02 Å². The fourth-order valence-corrected chi connectivity index (χ4v) is 2.70. The van der Waals surface area contributed by atoms with E-state index in [-0.39, 0.29) is 6.54 Å². The van der Waals surface area contributed by atoms with Crippen molar-refractivity contribution < 1.29 is 4.79 Å². The normalized spacial score (nSPS) is 10.2. The number of terminal acetylenes is 1. The van der Waals surface area contributed by atoms with Crippen LogP contribution in [-0.4, -0.2) is 22.4 Å². The molecular formula is C20H18ClN5O. The minimum atomic E-state index is -0.450. The van der Waals surface area contributed by atoms with E-state index in [1.165, 1.54) is 0 Å². The zero-order chi connectivity index (χ0) is 19.2. The molecule has 0 fully saturated rings. The summed E-state index contributed by atoms with van der Waals surface area (Å²) < 4.78 is 1.65. The van der Waals surface area contributed by atoms with Crippen LogP contribution in [-0.2, 0) is 6.54 Å². The van der Waals surface area contributed by atoms with E-state index in [1.807, 2.05) is 42.5 Å². The van der Waals surface area contributed by atoms with Gasteiger partial charge in [-0.1, -0.05) is 60.0 Å². The van der Waals surface area contributed by atoms with E-state index in [4.69, 9.17) is 23.8 Å². The lowest BCUT2D eigenvalue weighted by Gasteiger charge is -2.08. The molecule has 136 valence electrons. The topological polar surface area (TPSA) is 85.0 Å². The Kier molecular flexibility index (Phi) is 5.64. The van der Waals surface area contributed by atoms with Crippen molar-refractivity contribution in [2.45, 2.75) is 6.54 Å². The van der Waals surface area contributed by atoms with E-state index < -0.39 is 6.03 Å². The Balaban J connectivity index is 1.98. The number of carbonyl (C=O) groups is 1. The van der Waals surface area contributed by atoms with Gasteiger partial charge in [0.1, 0.15) is 17.2 Å². The maximum Gasteiger partial charge on any atom is 0.320 e. The van der Waals surface area contributed by atoms with Crippen LogP contribution in [0.25, 0.3) is 11.3 Å². The summed E-state index contributed by atoms with van der Waals surface area (Å²) in [7, 11) is 0. The molecule has 0 aliphatic heterocycles. The Hall–Kier alpha value is -3.43. The highest BCUT2D eigenvalue weighted by molar-refractivity contribution is 6.30. The number of rotatable bonds is 5. The van der Waals surface area contributed by atoms with E-state index in [2.05, 4.69) is 21.7 Å². The molecule has 27 heavy (non-hydrogen) atoms. The second-order valence-corrected chi connectivity index (χ2v) is 6.21. The highest BCUT2D eigenvalue weighted by Gasteiger charge is 2.19. The van der Waals surface area contributed by atoms with Crippen molar-refractivity contribution in [2.24, 2.45) is 0 Å². The van der Waals surface area contributed by atoms with Gasteiger partial charge in [-0.25, -0.2) is 9.48 Å². The lowest BCUT2D eigenvalue weighted by atomic mass is 10.1. The molecule has 7 heteroatoms. The third kappa shape index (κ3) is 4.40. The van der Waals surface area contributed by atoms with E-state index in [9.17, 15) is 4.79 Å². The van der Waals surface area contributed by atoms with Gasteiger partial charge in [0.2, 0.25) is 0 Å². The van der Waals surface area contributed by atoms with Gasteiger partial charge in [-0.05, 0) is 17.7 Å². The maximum absolute atomic E-state index is 12.1. The van der Waals surface area contributed by atoms with Crippen molar-refractivity contribution in [3.63, 3.8) is 0 Å². The SMILES string of the molecule is C#CCNC(=O)Nc1c(-c2ccc(Cl)cc2)nn(Cc2ccccc2)c1N. The van der Waals surface area contributed by atoms with Crippen LogP contribution >= 0.6 is 11.6 Å². The molecular weight excluding hydrogens is 362 g/mol. The van der Waals surface area contributed by atoms with Gasteiger partial charge < -0.3 is 16.4 Å². The summed E-state index contributed by atoms with van der Waals surface area (Å²) >= 11 is 5.98. The molecule has 0 aliphatic carbocycles. The van der Waals surface area contributed by atoms with Crippen molar-refractivity contribution >= 4 is 29.1 Å². The number of benzene rings is 2. The van der Waals surface area contributed by atoms with Crippen molar-refractivity contribution in [2.75, 3.05) is 17.6 Å². The molecule has 6 nitrogen and oxygen atoms in total. The number of carbonyl (C=O) groups excluding carboxylic acids is 1. The number of hydrogen-bond donors (Lipinski definition) is 3. The molecule has 0 saturated carbocycles. The fraction of sp³-hybridized carbons (Fsp3) is 0.100. The molecule has 0 spiro atoms. The number of hydrogen-bond acceptors (Lipinski definition) is 3. The number of aromatic nitrogens is 2. The van der Waals surface area contributed by atoms with Crippen LogP contribution in [0.15, 0.2) is 54.6 Å². The number of halogens is 1. The number of anilines is 2. The highest BCUT2D eigenvalue weighted by atomic mass is 35.5. The van der Waals surface area contributed by atoms with Crippen molar-refractivity contribution in [1.82, 2.24) is 15.1 Å². The van der Waals surface area contributed by atoms with E-state index in [1.54, 1.807) is 16.8 Å². The molecule has 2 amide bonds. The fourth-order valence-electron chi connectivity index (χ4n) is 2.57. The molecule has 3 rings (SSSR count). The largest absolute Gasteiger partial charge is 0.382 e. The van der Waals surface area contributed by atoms with Crippen molar-refractivity contribution in [1.29, 1.82) is 0 Å². The minimum absolute atomic E-state index is 0.111. The standard InChI is InChI=1S/C20H18ClN5O/c1-2-12-23-20(27)24-18-17(15-8-10-16(21)11-9-15)25-26(19(18)22)13-14-6-4-3-5-7-14/h1,3-11H,12-13,22H2,(H2,23,24,27). The Morgan fingerprint density at radius 1 is 1.19 bits per heavy atom. The molecule has 0 bridgehead atoms. The quantitative estimate of drug-likeness (QED) is 0.592. The first-order valence-corrected chi connectivity index (χ1v) is 8.60. The molecule has 4 N–H and O–H groups in total. The molecule has 1 heterocycles. The van der Waals surface area contributed by atoms with E-state index in [0.717, 1.165) is 11.1 Å². The summed E-state index contributed by atoms with van der Waals surface area (Å²) in [5.41, 5.74) is 9.08. The molecule has 0 aliphatic rings. The van der Waals surface area contributed by atoms with Crippen LogP contribution in [0.5, 0.6) is 0 Å². The second kappa shape index (κ2) is 8.30. The second-order valence-electron chi connectivity index (χ2n) is 5.77. The Morgan fingerprint density at radius 3 is 2.56 bits per heavy atom. The Labute approximate surface area is 162 Å². The summed E-state index contributed by atoms with van der Waals surface area (Å²) in [6.45, 7) is 0.584. The monoisotopic (exact) mass is 379 g/mol. The van der Waals surface area contributed by atoms with Crippen LogP contribution in [0, 0.1) is 12.3 Å². The van der Waals surface area contributed by atoms with Gasteiger partial charge in [0, 0.05) is 10.6 Å². The van der Waals surface area contributed by atoms with Gasteiger partial charge in [-0.15, -0.1) is 6.42 Å². The molecule has 0 radical (unpaired) electrons. The molecule has 0 atom stereocenters. The number of nitrogens with one attached hydrogen (secondary N) is 2. The molecule has 0 saturated heterocycles. The predicted molar refractivity (Wildman–Crippen MR) is 108 cm³/mol. The summed E-state index contributed by atoms with van der Waals surface area (Å²) in [5, 5.41) is 10.5. The molecule has 2 aromatic carbocycles. The van der Waals surface area contributed by atoms with Crippen LogP contribution in [0.4, 0.5) is 16.3 Å². The van der Waals surface area contributed by atoms with Crippen LogP contribution in [0.3, 0.4) is 0 Å². The third-order valence-electron chi connectivity index (χ3n) is 3.87. The van der Waals surface area contributed by atoms with Crippen LogP contribution < -0.4 is 16.4 Å². The van der Waals surface area contributed by atoms with Gasteiger partial charge in [0.15, 0.2) is 0 Å². The zero-order valence-corrected chi connectivity index (χ0v) is 15.2. The lowest BCUT2D eigenvalue weighted by molar-refractivity contribution is 0.253. The Morgan fingerprint density at radius 2 is 1.89 bits per heavy atom.